The SMILES string of the molecule is COC(C)C(C)(CN)N(C)Cc1ccco1. The van der Waals surface area contributed by atoms with Crippen molar-refractivity contribution in [2.45, 2.75) is 32.0 Å². The van der Waals surface area contributed by atoms with E-state index in [1.54, 1.807) is 13.4 Å². The van der Waals surface area contributed by atoms with Crippen LogP contribution < -0.4 is 5.73 Å². The number of hydrogen-bond acceptors (Lipinski definition) is 4. The van der Waals surface area contributed by atoms with Gasteiger partial charge in [-0.3, -0.25) is 4.90 Å². The molecule has 0 fully saturated rings. The van der Waals surface area contributed by atoms with E-state index in [9.17, 15) is 0 Å². The molecule has 92 valence electrons. The second-order valence-corrected chi connectivity index (χ2v) is 4.37. The number of methoxy groups -OCH3 is 1. The minimum absolute atomic E-state index is 0.0671. The van der Waals surface area contributed by atoms with Gasteiger partial charge in [0, 0.05) is 13.7 Å². The molecule has 0 aromatic carbocycles. The summed E-state index contributed by atoms with van der Waals surface area (Å²) in [5.74, 6) is 0.936. The summed E-state index contributed by atoms with van der Waals surface area (Å²) in [6.45, 7) is 5.41. The summed E-state index contributed by atoms with van der Waals surface area (Å²) < 4.78 is 10.7. The first-order valence-corrected chi connectivity index (χ1v) is 5.51. The molecular weight excluding hydrogens is 204 g/mol. The van der Waals surface area contributed by atoms with Crippen LogP contribution in [0.25, 0.3) is 0 Å². The highest BCUT2D eigenvalue weighted by atomic mass is 16.5. The fourth-order valence-electron chi connectivity index (χ4n) is 1.70. The Kier molecular flexibility index (Phi) is 4.53. The summed E-state index contributed by atoms with van der Waals surface area (Å²) in [7, 11) is 3.74. The average molecular weight is 226 g/mol. The van der Waals surface area contributed by atoms with Crippen LogP contribution in [0, 0.1) is 0 Å². The molecule has 0 saturated heterocycles. The Hall–Kier alpha value is -0.840. The predicted octanol–water partition coefficient (Wildman–Crippen LogP) is 1.46. The molecule has 0 amide bonds. The van der Waals surface area contributed by atoms with Crippen molar-refractivity contribution < 1.29 is 9.15 Å². The van der Waals surface area contributed by atoms with Gasteiger partial charge in [-0.1, -0.05) is 0 Å². The fourth-order valence-corrected chi connectivity index (χ4v) is 1.70. The van der Waals surface area contributed by atoms with Crippen LogP contribution in [0.2, 0.25) is 0 Å². The first-order chi connectivity index (χ1) is 7.54. The van der Waals surface area contributed by atoms with E-state index in [0.29, 0.717) is 6.54 Å². The zero-order valence-corrected chi connectivity index (χ0v) is 10.6. The van der Waals surface area contributed by atoms with Gasteiger partial charge in [0.1, 0.15) is 5.76 Å². The number of ether oxygens (including phenoxy) is 1. The van der Waals surface area contributed by atoms with Gasteiger partial charge in [-0.25, -0.2) is 0 Å². The van der Waals surface area contributed by atoms with Gasteiger partial charge in [-0.15, -0.1) is 0 Å². The molecule has 2 atom stereocenters. The lowest BCUT2D eigenvalue weighted by Gasteiger charge is -2.41. The van der Waals surface area contributed by atoms with Gasteiger partial charge in [-0.05, 0) is 33.0 Å². The summed E-state index contributed by atoms with van der Waals surface area (Å²) >= 11 is 0. The van der Waals surface area contributed by atoms with E-state index in [1.165, 1.54) is 0 Å². The summed E-state index contributed by atoms with van der Waals surface area (Å²) in [5.41, 5.74) is 5.67. The van der Waals surface area contributed by atoms with Crippen LogP contribution in [0.15, 0.2) is 22.8 Å². The molecule has 2 N–H and O–H groups in total. The standard InChI is InChI=1S/C12H22N2O2/c1-10(15-4)12(2,9-13)14(3)8-11-6-5-7-16-11/h5-7,10H,8-9,13H2,1-4H3. The van der Waals surface area contributed by atoms with E-state index in [4.69, 9.17) is 14.9 Å². The van der Waals surface area contributed by atoms with Crippen LogP contribution in [-0.4, -0.2) is 37.2 Å². The third-order valence-electron chi connectivity index (χ3n) is 3.49. The lowest BCUT2D eigenvalue weighted by atomic mass is 9.93. The smallest absolute Gasteiger partial charge is 0.117 e. The van der Waals surface area contributed by atoms with Crippen LogP contribution in [0.1, 0.15) is 19.6 Å². The van der Waals surface area contributed by atoms with Gasteiger partial charge in [0.2, 0.25) is 0 Å². The molecule has 0 radical (unpaired) electrons. The highest BCUT2D eigenvalue weighted by molar-refractivity contribution is 5.01. The van der Waals surface area contributed by atoms with Crippen molar-refractivity contribution in [3.05, 3.63) is 24.2 Å². The van der Waals surface area contributed by atoms with Crippen molar-refractivity contribution in [2.24, 2.45) is 5.73 Å². The molecule has 4 heteroatoms. The van der Waals surface area contributed by atoms with Gasteiger partial charge in [0.25, 0.3) is 0 Å². The highest BCUT2D eigenvalue weighted by Crippen LogP contribution is 2.21. The van der Waals surface area contributed by atoms with Crippen molar-refractivity contribution >= 4 is 0 Å². The monoisotopic (exact) mass is 226 g/mol. The van der Waals surface area contributed by atoms with Crippen LogP contribution >= 0.6 is 0 Å². The molecule has 1 aromatic heterocycles. The van der Waals surface area contributed by atoms with Gasteiger partial charge < -0.3 is 14.9 Å². The molecule has 0 spiro atoms. The predicted molar refractivity (Wildman–Crippen MR) is 64.1 cm³/mol. The second kappa shape index (κ2) is 5.48. The largest absolute Gasteiger partial charge is 0.468 e. The molecule has 0 aliphatic rings. The lowest BCUT2D eigenvalue weighted by Crippen LogP contribution is -2.56. The summed E-state index contributed by atoms with van der Waals surface area (Å²) in [4.78, 5) is 2.17. The average Bonchev–Trinajstić information content (AvgIpc) is 2.79. The Morgan fingerprint density at radius 3 is 2.75 bits per heavy atom. The van der Waals surface area contributed by atoms with Crippen molar-refractivity contribution in [1.82, 2.24) is 4.90 Å². The van der Waals surface area contributed by atoms with E-state index in [1.807, 2.05) is 26.1 Å². The summed E-state index contributed by atoms with van der Waals surface area (Å²) in [6.07, 6.45) is 1.75. The van der Waals surface area contributed by atoms with Crippen molar-refractivity contribution in [2.75, 3.05) is 20.7 Å². The van der Waals surface area contributed by atoms with E-state index in [2.05, 4.69) is 11.8 Å². The maximum atomic E-state index is 5.86. The maximum absolute atomic E-state index is 5.86. The van der Waals surface area contributed by atoms with Crippen molar-refractivity contribution in [3.63, 3.8) is 0 Å². The van der Waals surface area contributed by atoms with Crippen LogP contribution in [0.4, 0.5) is 0 Å². The zero-order valence-electron chi connectivity index (χ0n) is 10.6. The number of hydrogen-bond donors (Lipinski definition) is 1. The van der Waals surface area contributed by atoms with Gasteiger partial charge in [-0.2, -0.15) is 0 Å². The fraction of sp³-hybridized carbons (Fsp3) is 0.667. The van der Waals surface area contributed by atoms with Crippen LogP contribution in [0.3, 0.4) is 0 Å². The van der Waals surface area contributed by atoms with E-state index < -0.39 is 0 Å². The number of furan rings is 1. The molecule has 0 saturated carbocycles. The zero-order chi connectivity index (χ0) is 12.2. The van der Waals surface area contributed by atoms with E-state index in [0.717, 1.165) is 12.3 Å². The van der Waals surface area contributed by atoms with E-state index in [-0.39, 0.29) is 11.6 Å². The number of likely N-dealkylation sites (N-methyl/N-ethyl adjacent to an activating group) is 1. The quantitative estimate of drug-likeness (QED) is 0.798. The molecular formula is C12H22N2O2. The Morgan fingerprint density at radius 1 is 1.62 bits per heavy atom. The third-order valence-corrected chi connectivity index (χ3v) is 3.49. The number of nitrogens with two attached hydrogens (primary N) is 1. The molecule has 4 nitrogen and oxygen atoms in total. The van der Waals surface area contributed by atoms with Crippen LogP contribution in [0.5, 0.6) is 0 Å². The second-order valence-electron chi connectivity index (χ2n) is 4.37. The minimum atomic E-state index is -0.193. The van der Waals surface area contributed by atoms with Gasteiger partial charge in [0.05, 0.1) is 24.5 Å². The Morgan fingerprint density at radius 2 is 2.31 bits per heavy atom. The van der Waals surface area contributed by atoms with Gasteiger partial charge >= 0.3 is 0 Å². The topological polar surface area (TPSA) is 51.6 Å². The van der Waals surface area contributed by atoms with Crippen LogP contribution in [-0.2, 0) is 11.3 Å². The molecule has 0 aliphatic carbocycles. The van der Waals surface area contributed by atoms with Crippen molar-refractivity contribution in [3.8, 4) is 0 Å². The molecule has 0 bridgehead atoms. The lowest BCUT2D eigenvalue weighted by molar-refractivity contribution is -0.0251. The van der Waals surface area contributed by atoms with Gasteiger partial charge in [0.15, 0.2) is 0 Å². The Labute approximate surface area is 97.4 Å². The summed E-state index contributed by atoms with van der Waals surface area (Å²) in [5, 5.41) is 0. The first kappa shape index (κ1) is 13.2. The molecule has 2 unspecified atom stereocenters. The Balaban J connectivity index is 2.72. The maximum Gasteiger partial charge on any atom is 0.117 e. The molecule has 0 aliphatic heterocycles. The molecule has 1 aromatic rings. The number of rotatable bonds is 6. The summed E-state index contributed by atoms with van der Waals surface area (Å²) in [6, 6.07) is 3.85. The molecule has 1 heterocycles. The third kappa shape index (κ3) is 2.64. The number of nitrogens with zero attached hydrogens (tertiary/aromatic N) is 1. The van der Waals surface area contributed by atoms with E-state index >= 15 is 0 Å². The molecule has 16 heavy (non-hydrogen) atoms. The Bertz CT molecular complexity index is 300. The highest BCUT2D eigenvalue weighted by Gasteiger charge is 2.34. The normalized spacial score (nSPS) is 17.4. The van der Waals surface area contributed by atoms with Crippen molar-refractivity contribution in [1.29, 1.82) is 0 Å². The molecule has 1 rings (SSSR count). The first-order valence-electron chi connectivity index (χ1n) is 5.51. The minimum Gasteiger partial charge on any atom is -0.468 e.